The van der Waals surface area contributed by atoms with Gasteiger partial charge in [-0.1, -0.05) is 18.9 Å². The molecule has 3 heteroatoms. The van der Waals surface area contributed by atoms with Gasteiger partial charge in [0.1, 0.15) is 0 Å². The maximum absolute atomic E-state index is 12.3. The molecule has 0 bridgehead atoms. The molecule has 1 aromatic heterocycles. The van der Waals surface area contributed by atoms with Gasteiger partial charge in [-0.25, -0.2) is 0 Å². The van der Waals surface area contributed by atoms with Crippen molar-refractivity contribution in [2.24, 2.45) is 0 Å². The number of hydrogen-bond donors (Lipinski definition) is 1. The van der Waals surface area contributed by atoms with Gasteiger partial charge in [0.15, 0.2) is 5.43 Å². The van der Waals surface area contributed by atoms with Gasteiger partial charge in [-0.3, -0.25) is 4.79 Å². The van der Waals surface area contributed by atoms with Crippen LogP contribution < -0.4 is 10.7 Å². The van der Waals surface area contributed by atoms with Crippen LogP contribution in [0.15, 0.2) is 35.3 Å². The molecular formula is C20H26N2O. The van der Waals surface area contributed by atoms with Gasteiger partial charge in [-0.2, -0.15) is 0 Å². The van der Waals surface area contributed by atoms with Gasteiger partial charge in [0.05, 0.1) is 0 Å². The van der Waals surface area contributed by atoms with Crippen LogP contribution in [0.4, 0.5) is 0 Å². The van der Waals surface area contributed by atoms with Crippen LogP contribution in [-0.4, -0.2) is 10.6 Å². The predicted molar refractivity (Wildman–Crippen MR) is 95.3 cm³/mol. The Morgan fingerprint density at radius 1 is 1.04 bits per heavy atom. The van der Waals surface area contributed by atoms with Crippen LogP contribution in [0.1, 0.15) is 48.1 Å². The van der Waals surface area contributed by atoms with Gasteiger partial charge in [-0.05, 0) is 56.9 Å². The second kappa shape index (κ2) is 6.71. The Hall–Kier alpha value is -1.87. The maximum atomic E-state index is 12.3. The molecule has 1 heterocycles. The molecule has 122 valence electrons. The van der Waals surface area contributed by atoms with Crippen molar-refractivity contribution >= 4 is 0 Å². The average molecular weight is 310 g/mol. The van der Waals surface area contributed by atoms with Crippen molar-refractivity contribution in [3.63, 3.8) is 0 Å². The highest BCUT2D eigenvalue weighted by atomic mass is 16.1. The van der Waals surface area contributed by atoms with E-state index in [2.05, 4.69) is 41.9 Å². The Balaban J connectivity index is 1.91. The lowest BCUT2D eigenvalue weighted by Gasteiger charge is -2.16. The number of hydrogen-bond acceptors (Lipinski definition) is 2. The Kier molecular flexibility index (Phi) is 4.67. The summed E-state index contributed by atoms with van der Waals surface area (Å²) in [6, 6.07) is 8.83. The van der Waals surface area contributed by atoms with Crippen LogP contribution in [-0.2, 0) is 6.54 Å². The van der Waals surface area contributed by atoms with Crippen molar-refractivity contribution in [1.29, 1.82) is 0 Å². The van der Waals surface area contributed by atoms with E-state index in [-0.39, 0.29) is 5.43 Å². The molecule has 0 unspecified atom stereocenters. The van der Waals surface area contributed by atoms with Gasteiger partial charge in [0.2, 0.25) is 0 Å². The molecular weight excluding hydrogens is 284 g/mol. The van der Waals surface area contributed by atoms with E-state index in [0.717, 1.165) is 16.9 Å². The molecule has 1 aliphatic carbocycles. The second-order valence-corrected chi connectivity index (χ2v) is 6.88. The SMILES string of the molecule is Cc1cc(C)cc(-n2cc(CNC3CCCC3)c(=O)cc2C)c1. The highest BCUT2D eigenvalue weighted by Crippen LogP contribution is 2.19. The summed E-state index contributed by atoms with van der Waals surface area (Å²) in [4.78, 5) is 12.3. The Labute approximate surface area is 138 Å². The topological polar surface area (TPSA) is 34.0 Å². The van der Waals surface area contributed by atoms with Gasteiger partial charge in [0, 0.05) is 41.8 Å². The second-order valence-electron chi connectivity index (χ2n) is 6.88. The summed E-state index contributed by atoms with van der Waals surface area (Å²) in [5.41, 5.74) is 5.56. The third-order valence-corrected chi connectivity index (χ3v) is 4.74. The van der Waals surface area contributed by atoms with E-state index < -0.39 is 0 Å². The van der Waals surface area contributed by atoms with E-state index >= 15 is 0 Å². The number of pyridine rings is 1. The van der Waals surface area contributed by atoms with Gasteiger partial charge in [-0.15, -0.1) is 0 Å². The average Bonchev–Trinajstić information content (AvgIpc) is 2.98. The first-order chi connectivity index (χ1) is 11.0. The maximum Gasteiger partial charge on any atom is 0.186 e. The Bertz CT molecular complexity index is 734. The zero-order valence-corrected chi connectivity index (χ0v) is 14.4. The van der Waals surface area contributed by atoms with Gasteiger partial charge >= 0.3 is 0 Å². The summed E-state index contributed by atoms with van der Waals surface area (Å²) >= 11 is 0. The first kappa shape index (κ1) is 16.0. The third kappa shape index (κ3) is 3.73. The molecule has 2 aromatic rings. The molecule has 1 N–H and O–H groups in total. The van der Waals surface area contributed by atoms with Crippen molar-refractivity contribution in [3.05, 3.63) is 63.1 Å². The van der Waals surface area contributed by atoms with Crippen LogP contribution in [0.5, 0.6) is 0 Å². The molecule has 0 radical (unpaired) electrons. The van der Waals surface area contributed by atoms with Crippen molar-refractivity contribution in [2.75, 3.05) is 0 Å². The third-order valence-electron chi connectivity index (χ3n) is 4.74. The van der Waals surface area contributed by atoms with E-state index in [1.54, 1.807) is 6.07 Å². The van der Waals surface area contributed by atoms with Crippen LogP contribution in [0.3, 0.4) is 0 Å². The molecule has 0 atom stereocenters. The largest absolute Gasteiger partial charge is 0.321 e. The van der Waals surface area contributed by atoms with Crippen molar-refractivity contribution < 1.29 is 0 Å². The number of nitrogens with zero attached hydrogens (tertiary/aromatic N) is 1. The monoisotopic (exact) mass is 310 g/mol. The molecule has 3 nitrogen and oxygen atoms in total. The van der Waals surface area contributed by atoms with E-state index in [1.807, 2.05) is 13.1 Å². The molecule has 1 saturated carbocycles. The van der Waals surface area contributed by atoms with Crippen molar-refractivity contribution in [1.82, 2.24) is 9.88 Å². The minimum absolute atomic E-state index is 0.133. The van der Waals surface area contributed by atoms with E-state index in [0.29, 0.717) is 12.6 Å². The van der Waals surface area contributed by atoms with Crippen LogP contribution in [0.2, 0.25) is 0 Å². The fourth-order valence-corrected chi connectivity index (χ4v) is 3.56. The number of benzene rings is 1. The fourth-order valence-electron chi connectivity index (χ4n) is 3.56. The molecule has 23 heavy (non-hydrogen) atoms. The Morgan fingerprint density at radius 2 is 1.70 bits per heavy atom. The molecule has 1 aliphatic rings. The number of aryl methyl sites for hydroxylation is 3. The highest BCUT2D eigenvalue weighted by molar-refractivity contribution is 5.41. The smallest absolute Gasteiger partial charge is 0.186 e. The summed E-state index contributed by atoms with van der Waals surface area (Å²) < 4.78 is 2.13. The number of rotatable bonds is 4. The highest BCUT2D eigenvalue weighted by Gasteiger charge is 2.15. The summed E-state index contributed by atoms with van der Waals surface area (Å²) in [5.74, 6) is 0. The quantitative estimate of drug-likeness (QED) is 0.932. The predicted octanol–water partition coefficient (Wildman–Crippen LogP) is 3.79. The van der Waals surface area contributed by atoms with E-state index in [1.165, 1.54) is 36.8 Å². The lowest BCUT2D eigenvalue weighted by molar-refractivity contribution is 0.522. The summed E-state index contributed by atoms with van der Waals surface area (Å²) in [7, 11) is 0. The molecule has 0 spiro atoms. The van der Waals surface area contributed by atoms with E-state index in [9.17, 15) is 4.79 Å². The zero-order chi connectivity index (χ0) is 16.4. The summed E-state index contributed by atoms with van der Waals surface area (Å²) in [6.45, 7) is 6.87. The first-order valence-electron chi connectivity index (χ1n) is 8.57. The van der Waals surface area contributed by atoms with E-state index in [4.69, 9.17) is 0 Å². The van der Waals surface area contributed by atoms with Gasteiger partial charge < -0.3 is 9.88 Å². The fraction of sp³-hybridized carbons (Fsp3) is 0.450. The minimum atomic E-state index is 0.133. The molecule has 0 aliphatic heterocycles. The van der Waals surface area contributed by atoms with Crippen molar-refractivity contribution in [3.8, 4) is 5.69 Å². The molecule has 0 amide bonds. The van der Waals surface area contributed by atoms with Crippen LogP contribution in [0, 0.1) is 20.8 Å². The zero-order valence-electron chi connectivity index (χ0n) is 14.4. The first-order valence-corrected chi connectivity index (χ1v) is 8.57. The lowest BCUT2D eigenvalue weighted by atomic mass is 10.1. The molecule has 1 fully saturated rings. The van der Waals surface area contributed by atoms with Crippen molar-refractivity contribution in [2.45, 2.75) is 59.0 Å². The summed E-state index contributed by atoms with van der Waals surface area (Å²) in [5, 5.41) is 3.55. The summed E-state index contributed by atoms with van der Waals surface area (Å²) in [6.07, 6.45) is 7.08. The molecule has 3 rings (SSSR count). The normalized spacial score (nSPS) is 15.3. The molecule has 0 saturated heterocycles. The number of nitrogens with one attached hydrogen (secondary N) is 1. The lowest BCUT2D eigenvalue weighted by Crippen LogP contribution is -2.28. The van der Waals surface area contributed by atoms with Crippen LogP contribution in [0.25, 0.3) is 5.69 Å². The minimum Gasteiger partial charge on any atom is -0.321 e. The van der Waals surface area contributed by atoms with Crippen LogP contribution >= 0.6 is 0 Å². The standard InChI is InChI=1S/C20H26N2O/c1-14-8-15(2)10-19(9-14)22-13-17(20(23)11-16(22)3)12-21-18-6-4-5-7-18/h8-11,13,18,21H,4-7,12H2,1-3H3. The Morgan fingerprint density at radius 3 is 2.35 bits per heavy atom. The van der Waals surface area contributed by atoms with Gasteiger partial charge in [0.25, 0.3) is 0 Å². The number of aromatic nitrogens is 1. The molecule has 1 aromatic carbocycles.